The number of methoxy groups -OCH3 is 1. The van der Waals surface area contributed by atoms with Gasteiger partial charge in [0.15, 0.2) is 10.9 Å². The molecule has 2 atom stereocenters. The third kappa shape index (κ3) is 3.32. The zero-order chi connectivity index (χ0) is 25.9. The summed E-state index contributed by atoms with van der Waals surface area (Å²) in [6.45, 7) is 5.46. The molecule has 5 rings (SSSR count). The molecule has 0 saturated carbocycles. The molecular formula is C26H26N2O7S. The number of phenols is 2. The number of ether oxygens (including phenoxy) is 1. The highest BCUT2D eigenvalue weighted by Gasteiger charge is 2.47. The molecule has 0 fully saturated rings. The van der Waals surface area contributed by atoms with E-state index in [0.717, 1.165) is 13.1 Å². The van der Waals surface area contributed by atoms with Gasteiger partial charge in [-0.05, 0) is 19.9 Å². The molecule has 10 heteroatoms. The van der Waals surface area contributed by atoms with E-state index in [1.807, 2.05) is 18.7 Å². The number of hydrogen-bond acceptors (Lipinski definition) is 10. The normalized spacial score (nSPS) is 20.5. The maximum Gasteiger partial charge on any atom is 0.202 e. The SMILES string of the molecule is CCN(CC)c1nc(C2(O)Cc3c(O)c4c(c(O)c3C(O)C2)C(=O)c2c(OC)cccc2C4=O)cs1. The summed E-state index contributed by atoms with van der Waals surface area (Å²) in [6.07, 6.45) is -1.84. The van der Waals surface area contributed by atoms with E-state index in [1.165, 1.54) is 30.6 Å². The number of phenolic OH excluding ortho intramolecular Hbond substituents is 2. The summed E-state index contributed by atoms with van der Waals surface area (Å²) in [6, 6.07) is 4.53. The standard InChI is InChI=1S/C26H26N2O7S/c1-4-28(5-2)25-27-16(11-36-25)26(34)9-13-17(14(29)10-26)23(32)20-19(22(13)31)21(30)12-7-6-8-15(35-3)18(12)24(20)33/h6-8,11,14,29,31-32,34H,4-5,9-10H2,1-3H3. The Labute approximate surface area is 211 Å². The third-order valence-electron chi connectivity index (χ3n) is 7.10. The molecule has 2 aliphatic carbocycles. The van der Waals surface area contributed by atoms with Crippen LogP contribution in [0.3, 0.4) is 0 Å². The maximum absolute atomic E-state index is 13.4. The average Bonchev–Trinajstić information content (AvgIpc) is 3.35. The topological polar surface area (TPSA) is 140 Å². The maximum atomic E-state index is 13.4. The van der Waals surface area contributed by atoms with Gasteiger partial charge in [0.05, 0.1) is 35.6 Å². The Balaban J connectivity index is 1.66. The quantitative estimate of drug-likeness (QED) is 0.298. The zero-order valence-electron chi connectivity index (χ0n) is 20.0. The summed E-state index contributed by atoms with van der Waals surface area (Å²) in [5.41, 5.74) is -2.10. The van der Waals surface area contributed by atoms with Crippen LogP contribution in [0.5, 0.6) is 17.2 Å². The van der Waals surface area contributed by atoms with Gasteiger partial charge in [0.25, 0.3) is 0 Å². The number of benzene rings is 2. The van der Waals surface area contributed by atoms with Gasteiger partial charge in [-0.25, -0.2) is 4.98 Å². The Morgan fingerprint density at radius 1 is 1.11 bits per heavy atom. The second kappa shape index (κ2) is 8.58. The van der Waals surface area contributed by atoms with E-state index in [9.17, 15) is 30.0 Å². The van der Waals surface area contributed by atoms with Crippen LogP contribution in [0, 0.1) is 0 Å². The van der Waals surface area contributed by atoms with E-state index in [0.29, 0.717) is 10.8 Å². The fourth-order valence-electron chi connectivity index (χ4n) is 5.26. The minimum absolute atomic E-state index is 0.0115. The molecule has 1 heterocycles. The Morgan fingerprint density at radius 3 is 2.47 bits per heavy atom. The van der Waals surface area contributed by atoms with E-state index in [-0.39, 0.29) is 52.0 Å². The lowest BCUT2D eigenvalue weighted by Gasteiger charge is -2.37. The van der Waals surface area contributed by atoms with Crippen LogP contribution in [0.1, 0.15) is 75.0 Å². The molecule has 36 heavy (non-hydrogen) atoms. The molecule has 0 radical (unpaired) electrons. The predicted molar refractivity (Wildman–Crippen MR) is 132 cm³/mol. The van der Waals surface area contributed by atoms with Gasteiger partial charge in [-0.1, -0.05) is 12.1 Å². The second-order valence-electron chi connectivity index (χ2n) is 9.00. The fourth-order valence-corrected chi connectivity index (χ4v) is 6.30. The number of aromatic nitrogens is 1. The molecule has 2 unspecified atom stereocenters. The molecule has 0 spiro atoms. The Hall–Kier alpha value is -3.47. The first-order valence-electron chi connectivity index (χ1n) is 11.6. The highest BCUT2D eigenvalue weighted by Crippen LogP contribution is 2.52. The van der Waals surface area contributed by atoms with Crippen molar-refractivity contribution in [3.63, 3.8) is 0 Å². The van der Waals surface area contributed by atoms with Crippen LogP contribution >= 0.6 is 11.3 Å². The average molecular weight is 511 g/mol. The number of anilines is 1. The molecule has 0 saturated heterocycles. The van der Waals surface area contributed by atoms with Gasteiger partial charge in [0.1, 0.15) is 22.8 Å². The number of nitrogens with zero attached hydrogens (tertiary/aromatic N) is 2. The Bertz CT molecular complexity index is 1410. The smallest absolute Gasteiger partial charge is 0.202 e. The van der Waals surface area contributed by atoms with Crippen LogP contribution < -0.4 is 9.64 Å². The van der Waals surface area contributed by atoms with Crippen molar-refractivity contribution in [2.24, 2.45) is 0 Å². The summed E-state index contributed by atoms with van der Waals surface area (Å²) in [5, 5.41) is 47.4. The van der Waals surface area contributed by atoms with Crippen LogP contribution in [0.15, 0.2) is 23.6 Å². The number of ketones is 2. The molecule has 9 nitrogen and oxygen atoms in total. The Morgan fingerprint density at radius 2 is 1.81 bits per heavy atom. The minimum atomic E-state index is -1.66. The molecular weight excluding hydrogens is 484 g/mol. The van der Waals surface area contributed by atoms with E-state index >= 15 is 0 Å². The van der Waals surface area contributed by atoms with Crippen molar-refractivity contribution in [2.45, 2.75) is 38.4 Å². The van der Waals surface area contributed by atoms with Gasteiger partial charge in [-0.3, -0.25) is 9.59 Å². The lowest BCUT2D eigenvalue weighted by atomic mass is 9.72. The number of aliphatic hydroxyl groups excluding tert-OH is 1. The van der Waals surface area contributed by atoms with Crippen molar-refractivity contribution in [1.82, 2.24) is 4.98 Å². The molecule has 0 bridgehead atoms. The van der Waals surface area contributed by atoms with Crippen LogP contribution in [0.25, 0.3) is 0 Å². The van der Waals surface area contributed by atoms with E-state index in [1.54, 1.807) is 11.4 Å². The minimum Gasteiger partial charge on any atom is -0.507 e. The number of aromatic hydroxyl groups is 2. The van der Waals surface area contributed by atoms with Crippen molar-refractivity contribution in [3.05, 3.63) is 62.7 Å². The lowest BCUT2D eigenvalue weighted by Crippen LogP contribution is -2.37. The molecule has 188 valence electrons. The van der Waals surface area contributed by atoms with Crippen molar-refractivity contribution >= 4 is 28.0 Å². The molecule has 2 aromatic carbocycles. The summed E-state index contributed by atoms with van der Waals surface area (Å²) in [4.78, 5) is 33.4. The summed E-state index contributed by atoms with van der Waals surface area (Å²) < 4.78 is 5.25. The molecule has 0 aliphatic heterocycles. The summed E-state index contributed by atoms with van der Waals surface area (Å²) in [7, 11) is 1.36. The molecule has 3 aromatic rings. The number of carbonyl (C=O) groups is 2. The van der Waals surface area contributed by atoms with Gasteiger partial charge in [0, 0.05) is 48.0 Å². The first-order valence-corrected chi connectivity index (χ1v) is 12.5. The monoisotopic (exact) mass is 510 g/mol. The van der Waals surface area contributed by atoms with Crippen LogP contribution in [0.2, 0.25) is 0 Å². The highest BCUT2D eigenvalue weighted by atomic mass is 32.1. The largest absolute Gasteiger partial charge is 0.507 e. The number of carbonyl (C=O) groups excluding carboxylic acids is 2. The van der Waals surface area contributed by atoms with Crippen LogP contribution in [-0.2, 0) is 12.0 Å². The van der Waals surface area contributed by atoms with Crippen LogP contribution in [-0.4, -0.2) is 57.2 Å². The third-order valence-corrected chi connectivity index (χ3v) is 8.00. The van der Waals surface area contributed by atoms with Crippen molar-refractivity contribution in [3.8, 4) is 17.2 Å². The number of thiazole rings is 1. The van der Waals surface area contributed by atoms with Crippen molar-refractivity contribution in [2.75, 3.05) is 25.1 Å². The summed E-state index contributed by atoms with van der Waals surface area (Å²) >= 11 is 1.36. The van der Waals surface area contributed by atoms with Crippen molar-refractivity contribution in [1.29, 1.82) is 0 Å². The zero-order valence-corrected chi connectivity index (χ0v) is 20.8. The van der Waals surface area contributed by atoms with Gasteiger partial charge in [-0.2, -0.15) is 0 Å². The van der Waals surface area contributed by atoms with Gasteiger partial charge >= 0.3 is 0 Å². The molecule has 2 aliphatic rings. The van der Waals surface area contributed by atoms with E-state index < -0.39 is 34.8 Å². The highest BCUT2D eigenvalue weighted by molar-refractivity contribution is 7.13. The number of fused-ring (bicyclic) bond motifs is 3. The first-order chi connectivity index (χ1) is 17.2. The van der Waals surface area contributed by atoms with Gasteiger partial charge < -0.3 is 30.1 Å². The van der Waals surface area contributed by atoms with Gasteiger partial charge in [-0.15, -0.1) is 11.3 Å². The number of rotatable bonds is 5. The Kier molecular flexibility index (Phi) is 5.77. The van der Waals surface area contributed by atoms with E-state index in [4.69, 9.17) is 4.74 Å². The second-order valence-corrected chi connectivity index (χ2v) is 9.83. The van der Waals surface area contributed by atoms with E-state index in [2.05, 4.69) is 4.98 Å². The van der Waals surface area contributed by atoms with Crippen molar-refractivity contribution < 1.29 is 34.8 Å². The molecule has 0 amide bonds. The predicted octanol–water partition coefficient (Wildman–Crippen LogP) is 3.05. The number of aliphatic hydroxyl groups is 2. The summed E-state index contributed by atoms with van der Waals surface area (Å²) in [5.74, 6) is -2.31. The molecule has 1 aromatic heterocycles. The fraction of sp³-hybridized carbons (Fsp3) is 0.346. The number of hydrogen-bond donors (Lipinski definition) is 4. The first kappa shape index (κ1) is 24.2. The lowest BCUT2D eigenvalue weighted by molar-refractivity contribution is -0.0307. The molecule has 4 N–H and O–H groups in total. The van der Waals surface area contributed by atoms with Crippen LogP contribution in [0.4, 0.5) is 5.13 Å². The van der Waals surface area contributed by atoms with Gasteiger partial charge in [0.2, 0.25) is 5.78 Å².